The maximum absolute atomic E-state index is 12.1. The molecule has 9 heteroatoms. The maximum Gasteiger partial charge on any atom is 0.339 e. The fourth-order valence-electron chi connectivity index (χ4n) is 2.01. The molecule has 0 saturated carbocycles. The van der Waals surface area contributed by atoms with Gasteiger partial charge >= 0.3 is 5.97 Å². The van der Waals surface area contributed by atoms with Crippen molar-refractivity contribution in [3.05, 3.63) is 51.3 Å². The molecule has 2 aromatic heterocycles. The van der Waals surface area contributed by atoms with Crippen LogP contribution in [-0.4, -0.2) is 40.5 Å². The number of aromatic nitrogens is 2. The number of hydrogen-bond donors (Lipinski definition) is 2. The Bertz CT molecular complexity index is 808. The Kier molecular flexibility index (Phi) is 5.48. The van der Waals surface area contributed by atoms with E-state index in [0.29, 0.717) is 12.4 Å². The van der Waals surface area contributed by atoms with Crippen molar-refractivity contribution < 1.29 is 23.8 Å². The molecule has 0 unspecified atom stereocenters. The number of nitrogens with one attached hydrogen (secondary N) is 1. The van der Waals surface area contributed by atoms with E-state index in [2.05, 4.69) is 10.4 Å². The first-order valence-corrected chi connectivity index (χ1v) is 7.10. The van der Waals surface area contributed by atoms with E-state index < -0.39 is 11.9 Å². The molecule has 0 fully saturated rings. The molecule has 2 rings (SSSR count). The summed E-state index contributed by atoms with van der Waals surface area (Å²) < 4.78 is 11.3. The fraction of sp³-hybridized carbons (Fsp3) is 0.333. The first kappa shape index (κ1) is 17.4. The van der Waals surface area contributed by atoms with Gasteiger partial charge in [0.15, 0.2) is 0 Å². The van der Waals surface area contributed by atoms with Crippen LogP contribution in [-0.2, 0) is 17.8 Å². The third-order valence-electron chi connectivity index (χ3n) is 3.23. The Balaban J connectivity index is 2.06. The summed E-state index contributed by atoms with van der Waals surface area (Å²) in [5, 5.41) is 15.5. The van der Waals surface area contributed by atoms with E-state index in [-0.39, 0.29) is 35.7 Å². The van der Waals surface area contributed by atoms with Gasteiger partial charge in [-0.2, -0.15) is 5.10 Å². The minimum absolute atomic E-state index is 0.00578. The third-order valence-corrected chi connectivity index (χ3v) is 3.23. The average Bonchev–Trinajstić information content (AvgIpc) is 2.93. The van der Waals surface area contributed by atoms with E-state index in [0.717, 1.165) is 4.68 Å². The van der Waals surface area contributed by atoms with Gasteiger partial charge in [0.25, 0.3) is 11.5 Å². The number of nitrogens with zero attached hydrogens (tertiary/aromatic N) is 2. The number of carbonyl (C=O) groups excluding carboxylic acids is 1. The first-order chi connectivity index (χ1) is 11.4. The molecule has 0 aromatic carbocycles. The molecule has 24 heavy (non-hydrogen) atoms. The van der Waals surface area contributed by atoms with Crippen molar-refractivity contribution in [2.24, 2.45) is 0 Å². The summed E-state index contributed by atoms with van der Waals surface area (Å²) in [5.74, 6) is -1.03. The van der Waals surface area contributed by atoms with Crippen LogP contribution < -0.4 is 10.9 Å². The zero-order chi connectivity index (χ0) is 17.7. The summed E-state index contributed by atoms with van der Waals surface area (Å²) in [6.45, 7) is 2.06. The van der Waals surface area contributed by atoms with Crippen LogP contribution in [0.15, 0.2) is 27.4 Å². The van der Waals surface area contributed by atoms with Gasteiger partial charge in [-0.3, -0.25) is 9.59 Å². The molecule has 0 aliphatic carbocycles. The number of aryl methyl sites for hydroxylation is 1. The van der Waals surface area contributed by atoms with Crippen LogP contribution in [0.4, 0.5) is 0 Å². The molecule has 0 aliphatic rings. The second-order valence-corrected chi connectivity index (χ2v) is 4.94. The second-order valence-electron chi connectivity index (χ2n) is 4.94. The largest absolute Gasteiger partial charge is 0.478 e. The number of carboxylic acids is 1. The molecule has 2 aromatic rings. The average molecular weight is 335 g/mol. The van der Waals surface area contributed by atoms with E-state index >= 15 is 0 Å². The smallest absolute Gasteiger partial charge is 0.339 e. The first-order valence-electron chi connectivity index (χ1n) is 7.10. The van der Waals surface area contributed by atoms with E-state index in [4.69, 9.17) is 14.3 Å². The molecule has 0 atom stereocenters. The molecular formula is C15H17N3O6. The number of carboxylic acid groups (broad SMARTS) is 1. The molecule has 0 bridgehead atoms. The Hall–Kier alpha value is -2.94. The van der Waals surface area contributed by atoms with E-state index in [9.17, 15) is 14.4 Å². The zero-order valence-corrected chi connectivity index (χ0v) is 13.2. The van der Waals surface area contributed by atoms with Gasteiger partial charge in [-0.05, 0) is 19.1 Å². The molecule has 2 heterocycles. The van der Waals surface area contributed by atoms with Crippen LogP contribution in [0.2, 0.25) is 0 Å². The quantitative estimate of drug-likeness (QED) is 0.751. The van der Waals surface area contributed by atoms with Gasteiger partial charge in [0, 0.05) is 13.2 Å². The van der Waals surface area contributed by atoms with E-state index in [1.165, 1.54) is 32.2 Å². The maximum atomic E-state index is 12.1. The lowest BCUT2D eigenvalue weighted by molar-refractivity contribution is 0.0694. The summed E-state index contributed by atoms with van der Waals surface area (Å²) in [6, 6.07) is 3.92. The lowest BCUT2D eigenvalue weighted by Gasteiger charge is -2.06. The van der Waals surface area contributed by atoms with Crippen LogP contribution in [0.3, 0.4) is 0 Å². The topological polar surface area (TPSA) is 124 Å². The predicted molar refractivity (Wildman–Crippen MR) is 81.9 cm³/mol. The number of carbonyl (C=O) groups is 2. The summed E-state index contributed by atoms with van der Waals surface area (Å²) in [5.41, 5.74) is -0.228. The standard InChI is InChI=1S/C15H17N3O6/c1-9-11(15(21)22)7-10(24-9)8-16-14(20)12-3-4-13(19)18(17-12)5-6-23-2/h3-4,7H,5-6,8H2,1-2H3,(H,16,20)(H,21,22). The van der Waals surface area contributed by atoms with Crippen LogP contribution in [0.1, 0.15) is 32.4 Å². The summed E-state index contributed by atoms with van der Waals surface area (Å²) in [6.07, 6.45) is 0. The predicted octanol–water partition coefficient (Wildman–Crippen LogP) is 0.419. The lowest BCUT2D eigenvalue weighted by Crippen LogP contribution is -2.30. The van der Waals surface area contributed by atoms with Crippen LogP contribution >= 0.6 is 0 Å². The van der Waals surface area contributed by atoms with Crippen molar-refractivity contribution in [1.29, 1.82) is 0 Å². The normalized spacial score (nSPS) is 10.6. The highest BCUT2D eigenvalue weighted by molar-refractivity contribution is 5.92. The zero-order valence-electron chi connectivity index (χ0n) is 13.2. The highest BCUT2D eigenvalue weighted by Crippen LogP contribution is 2.14. The number of ether oxygens (including phenoxy) is 1. The fourth-order valence-corrected chi connectivity index (χ4v) is 2.01. The minimum Gasteiger partial charge on any atom is -0.478 e. The Morgan fingerprint density at radius 1 is 1.42 bits per heavy atom. The van der Waals surface area contributed by atoms with Crippen molar-refractivity contribution in [2.75, 3.05) is 13.7 Å². The molecule has 0 radical (unpaired) electrons. The van der Waals surface area contributed by atoms with Crippen molar-refractivity contribution >= 4 is 11.9 Å². The molecule has 0 saturated heterocycles. The second kappa shape index (κ2) is 7.55. The Morgan fingerprint density at radius 3 is 2.79 bits per heavy atom. The SMILES string of the molecule is COCCn1nc(C(=O)NCc2cc(C(=O)O)c(C)o2)ccc1=O. The van der Waals surface area contributed by atoms with E-state index in [1.54, 1.807) is 0 Å². The van der Waals surface area contributed by atoms with Gasteiger partial charge in [0.1, 0.15) is 22.8 Å². The van der Waals surface area contributed by atoms with Crippen LogP contribution in [0, 0.1) is 6.92 Å². The Morgan fingerprint density at radius 2 is 2.17 bits per heavy atom. The number of hydrogen-bond acceptors (Lipinski definition) is 6. The number of rotatable bonds is 7. The van der Waals surface area contributed by atoms with Crippen LogP contribution in [0.5, 0.6) is 0 Å². The number of aromatic carboxylic acids is 1. The summed E-state index contributed by atoms with van der Waals surface area (Å²) in [7, 11) is 1.50. The summed E-state index contributed by atoms with van der Waals surface area (Å²) in [4.78, 5) is 34.7. The molecule has 1 amide bonds. The Labute approximate surface area is 136 Å². The van der Waals surface area contributed by atoms with Gasteiger partial charge in [0.2, 0.25) is 0 Å². The molecule has 0 aliphatic heterocycles. The monoisotopic (exact) mass is 335 g/mol. The van der Waals surface area contributed by atoms with Crippen molar-refractivity contribution in [3.8, 4) is 0 Å². The molecule has 0 spiro atoms. The lowest BCUT2D eigenvalue weighted by atomic mass is 10.2. The van der Waals surface area contributed by atoms with Gasteiger partial charge in [-0.25, -0.2) is 9.48 Å². The summed E-state index contributed by atoms with van der Waals surface area (Å²) >= 11 is 0. The van der Waals surface area contributed by atoms with Crippen LogP contribution in [0.25, 0.3) is 0 Å². The number of amides is 1. The highest BCUT2D eigenvalue weighted by Gasteiger charge is 2.15. The number of methoxy groups -OCH3 is 1. The molecule has 128 valence electrons. The molecular weight excluding hydrogens is 318 g/mol. The van der Waals surface area contributed by atoms with E-state index in [1.807, 2.05) is 0 Å². The van der Waals surface area contributed by atoms with Crippen molar-refractivity contribution in [2.45, 2.75) is 20.0 Å². The molecule has 2 N–H and O–H groups in total. The van der Waals surface area contributed by atoms with Crippen molar-refractivity contribution in [3.63, 3.8) is 0 Å². The van der Waals surface area contributed by atoms with Crippen molar-refractivity contribution in [1.82, 2.24) is 15.1 Å². The highest BCUT2D eigenvalue weighted by atomic mass is 16.5. The van der Waals surface area contributed by atoms with Gasteiger partial charge in [-0.1, -0.05) is 0 Å². The third kappa shape index (κ3) is 4.07. The number of furan rings is 1. The molecule has 9 nitrogen and oxygen atoms in total. The minimum atomic E-state index is -1.10. The van der Waals surface area contributed by atoms with Gasteiger partial charge < -0.3 is 19.6 Å². The van der Waals surface area contributed by atoms with Gasteiger partial charge in [-0.15, -0.1) is 0 Å². The van der Waals surface area contributed by atoms with Gasteiger partial charge in [0.05, 0.1) is 19.7 Å².